The van der Waals surface area contributed by atoms with Gasteiger partial charge in [-0.2, -0.15) is 0 Å². The molecule has 122 valence electrons. The predicted molar refractivity (Wildman–Crippen MR) is 88.9 cm³/mol. The van der Waals surface area contributed by atoms with Crippen molar-refractivity contribution in [1.82, 2.24) is 0 Å². The van der Waals surface area contributed by atoms with E-state index >= 15 is 0 Å². The number of hydrogen-bond acceptors (Lipinski definition) is 3. The molecule has 2 rings (SSSR count). The van der Waals surface area contributed by atoms with E-state index in [9.17, 15) is 9.90 Å². The molecule has 2 aromatic rings. The van der Waals surface area contributed by atoms with Gasteiger partial charge in [-0.25, -0.2) is 0 Å². The zero-order valence-corrected chi connectivity index (χ0v) is 13.7. The van der Waals surface area contributed by atoms with Crippen molar-refractivity contribution >= 4 is 5.97 Å². The lowest BCUT2D eigenvalue weighted by atomic mass is 9.86. The van der Waals surface area contributed by atoms with E-state index in [2.05, 4.69) is 0 Å². The first kappa shape index (κ1) is 16.9. The van der Waals surface area contributed by atoms with E-state index in [0.717, 1.165) is 11.1 Å². The monoisotopic (exact) mass is 314 g/mol. The molecular formula is C19H22O4. The molecule has 0 fully saturated rings. The largest absolute Gasteiger partial charge is 0.493 e. The lowest BCUT2D eigenvalue weighted by molar-refractivity contribution is -0.146. The van der Waals surface area contributed by atoms with Crippen LogP contribution in [-0.4, -0.2) is 18.2 Å². The van der Waals surface area contributed by atoms with Gasteiger partial charge < -0.3 is 14.6 Å². The Labute approximate surface area is 136 Å². The zero-order valence-electron chi connectivity index (χ0n) is 13.7. The van der Waals surface area contributed by atoms with Gasteiger partial charge in [-0.05, 0) is 43.5 Å². The minimum absolute atomic E-state index is 0.425. The highest BCUT2D eigenvalue weighted by Crippen LogP contribution is 2.31. The Morgan fingerprint density at radius 3 is 2.35 bits per heavy atom. The Morgan fingerprint density at radius 2 is 1.74 bits per heavy atom. The number of hydrogen-bond donors (Lipinski definition) is 1. The van der Waals surface area contributed by atoms with Gasteiger partial charge in [-0.3, -0.25) is 4.79 Å². The molecule has 4 nitrogen and oxygen atoms in total. The van der Waals surface area contributed by atoms with Crippen molar-refractivity contribution in [2.24, 2.45) is 5.41 Å². The number of carboxylic acid groups (broad SMARTS) is 1. The molecule has 0 aliphatic rings. The first-order chi connectivity index (χ1) is 10.9. The third kappa shape index (κ3) is 4.49. The van der Waals surface area contributed by atoms with Crippen LogP contribution in [0.3, 0.4) is 0 Å². The quantitative estimate of drug-likeness (QED) is 0.841. The van der Waals surface area contributed by atoms with Crippen molar-refractivity contribution in [3.8, 4) is 11.5 Å². The van der Waals surface area contributed by atoms with E-state index in [1.54, 1.807) is 21.0 Å². The van der Waals surface area contributed by atoms with E-state index in [1.165, 1.54) is 0 Å². The second kappa shape index (κ2) is 7.18. The van der Waals surface area contributed by atoms with Gasteiger partial charge >= 0.3 is 5.97 Å². The molecule has 0 aliphatic heterocycles. The summed E-state index contributed by atoms with van der Waals surface area (Å²) in [5.41, 5.74) is 1.14. The maximum atomic E-state index is 11.3. The average molecular weight is 314 g/mol. The molecule has 0 bridgehead atoms. The second-order valence-corrected chi connectivity index (χ2v) is 6.13. The third-order valence-electron chi connectivity index (χ3n) is 3.69. The van der Waals surface area contributed by atoms with Crippen LogP contribution in [0.2, 0.25) is 0 Å². The van der Waals surface area contributed by atoms with Gasteiger partial charge in [0.2, 0.25) is 0 Å². The van der Waals surface area contributed by atoms with Gasteiger partial charge in [0.1, 0.15) is 6.61 Å². The molecule has 0 saturated heterocycles. The summed E-state index contributed by atoms with van der Waals surface area (Å²) >= 11 is 0. The van der Waals surface area contributed by atoms with Gasteiger partial charge in [0.25, 0.3) is 0 Å². The van der Waals surface area contributed by atoms with Crippen LogP contribution in [0.15, 0.2) is 48.5 Å². The highest BCUT2D eigenvalue weighted by Gasteiger charge is 2.27. The topological polar surface area (TPSA) is 55.8 Å². The lowest BCUT2D eigenvalue weighted by Crippen LogP contribution is -2.26. The number of carboxylic acids is 1. The van der Waals surface area contributed by atoms with E-state index in [4.69, 9.17) is 9.47 Å². The van der Waals surface area contributed by atoms with Crippen LogP contribution in [0.25, 0.3) is 0 Å². The normalized spacial score (nSPS) is 11.1. The standard InChI is InChI=1S/C19H22O4/c1-19(2,18(20)21)12-15-9-10-16(22-3)17(11-15)23-13-14-7-5-4-6-8-14/h4-11H,12-13H2,1-3H3,(H,20,21). The average Bonchev–Trinajstić information content (AvgIpc) is 2.53. The third-order valence-corrected chi connectivity index (χ3v) is 3.69. The van der Waals surface area contributed by atoms with Crippen molar-refractivity contribution in [2.45, 2.75) is 26.9 Å². The van der Waals surface area contributed by atoms with E-state index in [0.29, 0.717) is 24.5 Å². The first-order valence-corrected chi connectivity index (χ1v) is 7.49. The number of methoxy groups -OCH3 is 1. The molecule has 1 N–H and O–H groups in total. The number of aliphatic carboxylic acids is 1. The Hall–Kier alpha value is -2.49. The fourth-order valence-corrected chi connectivity index (χ4v) is 2.27. The molecule has 0 heterocycles. The number of rotatable bonds is 7. The first-order valence-electron chi connectivity index (χ1n) is 7.49. The Bertz CT molecular complexity index is 662. The fraction of sp³-hybridized carbons (Fsp3) is 0.316. The molecular weight excluding hydrogens is 292 g/mol. The maximum Gasteiger partial charge on any atom is 0.309 e. The summed E-state index contributed by atoms with van der Waals surface area (Å²) in [6, 6.07) is 15.4. The summed E-state index contributed by atoms with van der Waals surface area (Å²) in [7, 11) is 1.59. The highest BCUT2D eigenvalue weighted by molar-refractivity contribution is 5.74. The van der Waals surface area contributed by atoms with Gasteiger partial charge in [0.05, 0.1) is 12.5 Å². The molecule has 0 unspecified atom stereocenters. The molecule has 0 amide bonds. The smallest absolute Gasteiger partial charge is 0.309 e. The van der Waals surface area contributed by atoms with Crippen LogP contribution in [0.4, 0.5) is 0 Å². The van der Waals surface area contributed by atoms with Crippen molar-refractivity contribution in [1.29, 1.82) is 0 Å². The molecule has 0 aromatic heterocycles. The van der Waals surface area contributed by atoms with E-state index in [-0.39, 0.29) is 0 Å². The zero-order chi connectivity index (χ0) is 16.9. The van der Waals surface area contributed by atoms with Gasteiger partial charge in [0, 0.05) is 0 Å². The summed E-state index contributed by atoms with van der Waals surface area (Å²) in [6.07, 6.45) is 0.425. The highest BCUT2D eigenvalue weighted by atomic mass is 16.5. The molecule has 0 radical (unpaired) electrons. The summed E-state index contributed by atoms with van der Waals surface area (Å²) in [5, 5.41) is 9.27. The van der Waals surface area contributed by atoms with Crippen LogP contribution in [0.5, 0.6) is 11.5 Å². The van der Waals surface area contributed by atoms with Gasteiger partial charge in [0.15, 0.2) is 11.5 Å². The lowest BCUT2D eigenvalue weighted by Gasteiger charge is -2.20. The fourth-order valence-electron chi connectivity index (χ4n) is 2.27. The number of benzene rings is 2. The van der Waals surface area contributed by atoms with Crippen molar-refractivity contribution in [3.63, 3.8) is 0 Å². The van der Waals surface area contributed by atoms with Crippen LogP contribution in [-0.2, 0) is 17.8 Å². The number of carbonyl (C=O) groups is 1. The van der Waals surface area contributed by atoms with Crippen molar-refractivity contribution in [2.75, 3.05) is 7.11 Å². The van der Waals surface area contributed by atoms with Crippen LogP contribution < -0.4 is 9.47 Å². The second-order valence-electron chi connectivity index (χ2n) is 6.13. The van der Waals surface area contributed by atoms with E-state index in [1.807, 2.05) is 48.5 Å². The SMILES string of the molecule is COc1ccc(CC(C)(C)C(=O)O)cc1OCc1ccccc1. The minimum atomic E-state index is -0.828. The van der Waals surface area contributed by atoms with Crippen molar-refractivity contribution < 1.29 is 19.4 Å². The molecule has 2 aromatic carbocycles. The molecule has 23 heavy (non-hydrogen) atoms. The van der Waals surface area contributed by atoms with Gasteiger partial charge in [-0.1, -0.05) is 36.4 Å². The molecule has 0 spiro atoms. The Kier molecular flexibility index (Phi) is 5.27. The molecule has 0 saturated carbocycles. The summed E-state index contributed by atoms with van der Waals surface area (Å²) in [6.45, 7) is 3.86. The van der Waals surface area contributed by atoms with Gasteiger partial charge in [-0.15, -0.1) is 0 Å². The van der Waals surface area contributed by atoms with Crippen LogP contribution >= 0.6 is 0 Å². The van der Waals surface area contributed by atoms with Crippen molar-refractivity contribution in [3.05, 3.63) is 59.7 Å². The Balaban J connectivity index is 2.17. The maximum absolute atomic E-state index is 11.3. The number of ether oxygens (including phenoxy) is 2. The van der Waals surface area contributed by atoms with Crippen LogP contribution in [0, 0.1) is 5.41 Å². The molecule has 4 heteroatoms. The molecule has 0 atom stereocenters. The minimum Gasteiger partial charge on any atom is -0.493 e. The predicted octanol–water partition coefficient (Wildman–Crippen LogP) is 3.93. The Morgan fingerprint density at radius 1 is 1.04 bits per heavy atom. The molecule has 0 aliphatic carbocycles. The summed E-state index contributed by atoms with van der Waals surface area (Å²) in [4.78, 5) is 11.3. The summed E-state index contributed by atoms with van der Waals surface area (Å²) < 4.78 is 11.2. The van der Waals surface area contributed by atoms with Crippen LogP contribution in [0.1, 0.15) is 25.0 Å². The van der Waals surface area contributed by atoms with E-state index < -0.39 is 11.4 Å². The summed E-state index contributed by atoms with van der Waals surface area (Å²) in [5.74, 6) is 0.438.